The Morgan fingerprint density at radius 3 is 2.60 bits per heavy atom. The van der Waals surface area contributed by atoms with E-state index in [1.807, 2.05) is 0 Å². The number of amides is 1. The Morgan fingerprint density at radius 2 is 1.97 bits per heavy atom. The molecule has 1 fully saturated rings. The highest BCUT2D eigenvalue weighted by Crippen LogP contribution is 2.38. The lowest BCUT2D eigenvalue weighted by Gasteiger charge is -2.34. The molecule has 156 valence electrons. The van der Waals surface area contributed by atoms with E-state index in [0.29, 0.717) is 18.7 Å². The monoisotopic (exact) mass is 419 g/mol. The van der Waals surface area contributed by atoms with Crippen molar-refractivity contribution in [1.82, 2.24) is 25.1 Å². The largest absolute Gasteiger partial charge is 0.465 e. The average molecular weight is 419 g/mol. The Hall–Kier alpha value is -3.63. The predicted octanol–water partition coefficient (Wildman–Crippen LogP) is 3.58. The van der Waals surface area contributed by atoms with Crippen molar-refractivity contribution in [3.8, 4) is 23.0 Å². The van der Waals surface area contributed by atoms with E-state index in [1.165, 1.54) is 22.8 Å². The van der Waals surface area contributed by atoms with Gasteiger partial charge >= 0.3 is 12.7 Å². The molecule has 1 aliphatic rings. The number of nitrogens with zero attached hydrogens (tertiary/aromatic N) is 4. The van der Waals surface area contributed by atoms with Crippen molar-refractivity contribution in [2.24, 2.45) is 0 Å². The first-order valence-corrected chi connectivity index (χ1v) is 9.03. The molecule has 11 heteroatoms. The van der Waals surface area contributed by atoms with Gasteiger partial charge in [-0.3, -0.25) is 4.57 Å². The Labute approximate surface area is 168 Å². The van der Waals surface area contributed by atoms with E-state index in [-0.39, 0.29) is 34.9 Å². The molecule has 1 saturated carbocycles. The molecular formula is C19H16F3N5O3. The molecule has 30 heavy (non-hydrogen) atoms. The van der Waals surface area contributed by atoms with E-state index in [9.17, 15) is 18.0 Å². The molecule has 0 spiro atoms. The standard InChI is InChI=1S/C19H16F3N5O3/c20-13-3-1-2-4-15(13)27-16(10-7-11(8-10)24-19(28)29)25-26-17(27)14-6-5-12(9-23-14)30-18(21)22/h1-6,9-11,18,24H,7-8H2,(H,28,29). The summed E-state index contributed by atoms with van der Waals surface area (Å²) in [6.45, 7) is -2.97. The van der Waals surface area contributed by atoms with Crippen LogP contribution in [0.15, 0.2) is 42.6 Å². The number of ether oxygens (including phenoxy) is 1. The molecule has 0 bridgehead atoms. The lowest BCUT2D eigenvalue weighted by molar-refractivity contribution is -0.0500. The van der Waals surface area contributed by atoms with Gasteiger partial charge in [-0.05, 0) is 37.1 Å². The van der Waals surface area contributed by atoms with Crippen LogP contribution in [-0.2, 0) is 0 Å². The van der Waals surface area contributed by atoms with Gasteiger partial charge in [-0.2, -0.15) is 8.78 Å². The summed E-state index contributed by atoms with van der Waals surface area (Å²) in [5.41, 5.74) is 0.495. The number of para-hydroxylation sites is 1. The number of carbonyl (C=O) groups is 1. The third-order valence-corrected chi connectivity index (χ3v) is 4.80. The second kappa shape index (κ2) is 8.01. The number of alkyl halides is 2. The van der Waals surface area contributed by atoms with E-state index < -0.39 is 18.5 Å². The summed E-state index contributed by atoms with van der Waals surface area (Å²) in [4.78, 5) is 14.9. The van der Waals surface area contributed by atoms with Crippen LogP contribution in [0.4, 0.5) is 18.0 Å². The molecule has 0 radical (unpaired) electrons. The fourth-order valence-electron chi connectivity index (χ4n) is 3.40. The minimum atomic E-state index is -2.97. The first-order chi connectivity index (χ1) is 14.4. The molecule has 4 rings (SSSR count). The molecule has 1 aromatic carbocycles. The van der Waals surface area contributed by atoms with Gasteiger partial charge in [0, 0.05) is 12.0 Å². The minimum absolute atomic E-state index is 0.118. The molecule has 0 saturated heterocycles. The number of hydrogen-bond donors (Lipinski definition) is 2. The van der Waals surface area contributed by atoms with Gasteiger partial charge < -0.3 is 15.2 Å². The van der Waals surface area contributed by atoms with Gasteiger partial charge in [-0.25, -0.2) is 14.2 Å². The van der Waals surface area contributed by atoms with E-state index in [1.54, 1.807) is 18.2 Å². The third-order valence-electron chi connectivity index (χ3n) is 4.80. The second-order valence-electron chi connectivity index (χ2n) is 6.74. The van der Waals surface area contributed by atoms with Crippen molar-refractivity contribution < 1.29 is 27.8 Å². The van der Waals surface area contributed by atoms with Crippen LogP contribution >= 0.6 is 0 Å². The molecule has 0 unspecified atom stereocenters. The van der Waals surface area contributed by atoms with Gasteiger partial charge in [0.05, 0.1) is 11.9 Å². The minimum Gasteiger partial charge on any atom is -0.465 e. The maximum absolute atomic E-state index is 14.6. The van der Waals surface area contributed by atoms with Crippen molar-refractivity contribution >= 4 is 6.09 Å². The van der Waals surface area contributed by atoms with E-state index >= 15 is 0 Å². The van der Waals surface area contributed by atoms with Crippen LogP contribution in [0.3, 0.4) is 0 Å². The van der Waals surface area contributed by atoms with Crippen molar-refractivity contribution in [2.75, 3.05) is 0 Å². The maximum atomic E-state index is 14.6. The summed E-state index contributed by atoms with van der Waals surface area (Å²) >= 11 is 0. The number of hydrogen-bond acceptors (Lipinski definition) is 5. The van der Waals surface area contributed by atoms with Gasteiger partial charge in [0.2, 0.25) is 0 Å². The first-order valence-electron chi connectivity index (χ1n) is 9.03. The van der Waals surface area contributed by atoms with Crippen LogP contribution in [0, 0.1) is 5.82 Å². The fourth-order valence-corrected chi connectivity index (χ4v) is 3.40. The average Bonchev–Trinajstić information content (AvgIpc) is 3.09. The zero-order chi connectivity index (χ0) is 21.3. The van der Waals surface area contributed by atoms with E-state index in [4.69, 9.17) is 5.11 Å². The molecule has 2 aromatic heterocycles. The topological polar surface area (TPSA) is 102 Å². The summed E-state index contributed by atoms with van der Waals surface area (Å²) < 4.78 is 45.1. The first kappa shape index (κ1) is 19.7. The normalized spacial score (nSPS) is 18.1. The molecule has 1 amide bonds. The summed E-state index contributed by atoms with van der Waals surface area (Å²) in [5, 5.41) is 19.6. The molecule has 3 aromatic rings. The Balaban J connectivity index is 1.70. The number of aromatic nitrogens is 4. The summed E-state index contributed by atoms with van der Waals surface area (Å²) in [6.07, 6.45) is 1.00. The molecule has 2 heterocycles. The molecule has 0 atom stereocenters. The van der Waals surface area contributed by atoms with Crippen molar-refractivity contribution in [2.45, 2.75) is 31.4 Å². The Bertz CT molecular complexity index is 1050. The zero-order valence-corrected chi connectivity index (χ0v) is 15.4. The van der Waals surface area contributed by atoms with Crippen LogP contribution in [0.1, 0.15) is 24.6 Å². The fraction of sp³-hybridized carbons (Fsp3) is 0.263. The quantitative estimate of drug-likeness (QED) is 0.633. The van der Waals surface area contributed by atoms with Crippen molar-refractivity contribution in [1.29, 1.82) is 0 Å². The van der Waals surface area contributed by atoms with Crippen molar-refractivity contribution in [3.63, 3.8) is 0 Å². The Morgan fingerprint density at radius 1 is 1.20 bits per heavy atom. The van der Waals surface area contributed by atoms with Gasteiger partial charge in [0.25, 0.3) is 0 Å². The van der Waals surface area contributed by atoms with Gasteiger partial charge in [0.15, 0.2) is 5.82 Å². The molecule has 0 aliphatic heterocycles. The lowest BCUT2D eigenvalue weighted by Crippen LogP contribution is -2.43. The predicted molar refractivity (Wildman–Crippen MR) is 98.1 cm³/mol. The van der Waals surface area contributed by atoms with E-state index in [2.05, 4.69) is 25.2 Å². The number of pyridine rings is 1. The van der Waals surface area contributed by atoms with E-state index in [0.717, 1.165) is 6.20 Å². The smallest absolute Gasteiger partial charge is 0.404 e. The lowest BCUT2D eigenvalue weighted by atomic mass is 9.79. The number of halogens is 3. The van der Waals surface area contributed by atoms with Gasteiger partial charge in [-0.1, -0.05) is 12.1 Å². The molecule has 1 aliphatic carbocycles. The van der Waals surface area contributed by atoms with Crippen LogP contribution < -0.4 is 10.1 Å². The SMILES string of the molecule is O=C(O)NC1CC(c2nnc(-c3ccc(OC(F)F)cn3)n2-c2ccccc2F)C1. The van der Waals surface area contributed by atoms with Gasteiger partial charge in [0.1, 0.15) is 23.1 Å². The number of rotatable bonds is 6. The second-order valence-corrected chi connectivity index (χ2v) is 6.74. The summed E-state index contributed by atoms with van der Waals surface area (Å²) in [7, 11) is 0. The van der Waals surface area contributed by atoms with Gasteiger partial charge in [-0.15, -0.1) is 10.2 Å². The van der Waals surface area contributed by atoms with Crippen LogP contribution in [0.5, 0.6) is 5.75 Å². The molecular weight excluding hydrogens is 403 g/mol. The third kappa shape index (κ3) is 3.91. The maximum Gasteiger partial charge on any atom is 0.404 e. The highest BCUT2D eigenvalue weighted by Gasteiger charge is 2.36. The zero-order valence-electron chi connectivity index (χ0n) is 15.4. The van der Waals surface area contributed by atoms with Crippen LogP contribution in [0.2, 0.25) is 0 Å². The molecule has 2 N–H and O–H groups in total. The number of carboxylic acid groups (broad SMARTS) is 1. The summed E-state index contributed by atoms with van der Waals surface area (Å²) in [5.74, 6) is -0.0600. The van der Waals surface area contributed by atoms with Crippen LogP contribution in [-0.4, -0.2) is 43.6 Å². The number of benzene rings is 1. The Kier molecular flexibility index (Phi) is 5.25. The number of nitrogens with one attached hydrogen (secondary N) is 1. The highest BCUT2D eigenvalue weighted by atomic mass is 19.3. The van der Waals surface area contributed by atoms with Crippen molar-refractivity contribution in [3.05, 3.63) is 54.2 Å². The summed E-state index contributed by atoms with van der Waals surface area (Å²) in [6, 6.07) is 8.59. The highest BCUT2D eigenvalue weighted by molar-refractivity contribution is 5.65. The molecule has 8 nitrogen and oxygen atoms in total. The van der Waals surface area contributed by atoms with Crippen LogP contribution in [0.25, 0.3) is 17.2 Å².